The summed E-state index contributed by atoms with van der Waals surface area (Å²) in [6.07, 6.45) is -0.858. The summed E-state index contributed by atoms with van der Waals surface area (Å²) in [5.41, 5.74) is 2.25. The van der Waals surface area contributed by atoms with E-state index in [0.29, 0.717) is 5.56 Å². The number of benzene rings is 2. The van der Waals surface area contributed by atoms with Crippen LogP contribution >= 0.6 is 0 Å². The summed E-state index contributed by atoms with van der Waals surface area (Å²) >= 11 is 0. The molecule has 158 valence electrons. The number of aliphatic hydroxyl groups is 1. The van der Waals surface area contributed by atoms with Gasteiger partial charge in [-0.1, -0.05) is 18.2 Å². The molecule has 4 aromatic rings. The maximum atomic E-state index is 12.6. The molecule has 0 fully saturated rings. The lowest BCUT2D eigenvalue weighted by atomic mass is 10.0. The molecule has 9 heteroatoms. The Morgan fingerprint density at radius 1 is 1.03 bits per heavy atom. The van der Waals surface area contributed by atoms with Crippen molar-refractivity contribution >= 4 is 16.8 Å². The van der Waals surface area contributed by atoms with Crippen LogP contribution in [0.3, 0.4) is 0 Å². The third-order valence-corrected chi connectivity index (χ3v) is 4.85. The molecule has 0 aliphatic carbocycles. The zero-order valence-corrected chi connectivity index (χ0v) is 16.0. The molecule has 1 atom stereocenters. The quantitative estimate of drug-likeness (QED) is 0.448. The van der Waals surface area contributed by atoms with Gasteiger partial charge in [0, 0.05) is 29.9 Å². The number of alkyl halides is 3. The lowest BCUT2D eigenvalue weighted by Crippen LogP contribution is -2.28. The van der Waals surface area contributed by atoms with E-state index in [1.807, 2.05) is 18.2 Å². The highest BCUT2D eigenvalue weighted by Crippen LogP contribution is 2.30. The Morgan fingerprint density at radius 3 is 2.55 bits per heavy atom. The van der Waals surface area contributed by atoms with Crippen molar-refractivity contribution in [3.63, 3.8) is 0 Å². The molecule has 2 heterocycles. The van der Waals surface area contributed by atoms with Crippen LogP contribution in [0.1, 0.15) is 27.6 Å². The van der Waals surface area contributed by atoms with Gasteiger partial charge in [-0.2, -0.15) is 18.3 Å². The highest BCUT2D eigenvalue weighted by Gasteiger charge is 2.30. The van der Waals surface area contributed by atoms with Gasteiger partial charge in [-0.25, -0.2) is 0 Å². The van der Waals surface area contributed by atoms with Crippen molar-refractivity contribution in [1.82, 2.24) is 20.5 Å². The molecule has 1 amide bonds. The minimum Gasteiger partial charge on any atom is -0.387 e. The zero-order chi connectivity index (χ0) is 22.0. The van der Waals surface area contributed by atoms with E-state index in [9.17, 15) is 23.1 Å². The molecule has 2 aromatic carbocycles. The van der Waals surface area contributed by atoms with Gasteiger partial charge in [0.25, 0.3) is 5.91 Å². The minimum atomic E-state index is -4.45. The van der Waals surface area contributed by atoms with E-state index in [-0.39, 0.29) is 12.1 Å². The van der Waals surface area contributed by atoms with Crippen molar-refractivity contribution in [2.45, 2.75) is 12.3 Å². The highest BCUT2D eigenvalue weighted by molar-refractivity contribution is 5.95. The second-order valence-corrected chi connectivity index (χ2v) is 6.98. The number of fused-ring (bicyclic) bond motifs is 1. The monoisotopic (exact) mass is 426 g/mol. The summed E-state index contributed by atoms with van der Waals surface area (Å²) in [6, 6.07) is 11.5. The van der Waals surface area contributed by atoms with Gasteiger partial charge in [0.1, 0.15) is 0 Å². The first kappa shape index (κ1) is 20.5. The minimum absolute atomic E-state index is 0.157. The summed E-state index contributed by atoms with van der Waals surface area (Å²) < 4.78 is 37.9. The number of aromatic amines is 1. The lowest BCUT2D eigenvalue weighted by Gasteiger charge is -2.14. The molecule has 6 nitrogen and oxygen atoms in total. The Labute approximate surface area is 174 Å². The lowest BCUT2D eigenvalue weighted by molar-refractivity contribution is -0.137. The maximum Gasteiger partial charge on any atom is 0.416 e. The van der Waals surface area contributed by atoms with Gasteiger partial charge in [-0.3, -0.25) is 14.9 Å². The largest absolute Gasteiger partial charge is 0.416 e. The number of aromatic nitrogens is 3. The van der Waals surface area contributed by atoms with E-state index < -0.39 is 23.8 Å². The fourth-order valence-electron chi connectivity index (χ4n) is 3.15. The molecule has 0 aliphatic rings. The number of nitrogens with one attached hydrogen (secondary N) is 2. The van der Waals surface area contributed by atoms with E-state index in [4.69, 9.17) is 0 Å². The molecule has 0 saturated heterocycles. The second-order valence-electron chi connectivity index (χ2n) is 6.98. The van der Waals surface area contributed by atoms with E-state index in [2.05, 4.69) is 20.5 Å². The normalized spacial score (nSPS) is 12.6. The number of pyridine rings is 1. The average molecular weight is 426 g/mol. The Kier molecular flexibility index (Phi) is 5.43. The van der Waals surface area contributed by atoms with Crippen LogP contribution < -0.4 is 5.32 Å². The molecule has 0 radical (unpaired) electrons. The Morgan fingerprint density at radius 2 is 1.81 bits per heavy atom. The van der Waals surface area contributed by atoms with Crippen LogP contribution in [0.4, 0.5) is 13.2 Å². The number of halogens is 3. The van der Waals surface area contributed by atoms with Crippen LogP contribution in [0.2, 0.25) is 0 Å². The van der Waals surface area contributed by atoms with Crippen LogP contribution in [-0.4, -0.2) is 32.7 Å². The fraction of sp³-hybridized carbons (Fsp3) is 0.136. The first-order valence-electron chi connectivity index (χ1n) is 9.33. The molecular weight excluding hydrogens is 409 g/mol. The smallest absolute Gasteiger partial charge is 0.387 e. The van der Waals surface area contributed by atoms with Crippen LogP contribution in [0.5, 0.6) is 0 Å². The molecule has 4 rings (SSSR count). The number of rotatable bonds is 5. The van der Waals surface area contributed by atoms with Gasteiger partial charge in [-0.15, -0.1) is 0 Å². The number of hydrogen-bond acceptors (Lipinski definition) is 4. The number of nitrogens with zero attached hydrogens (tertiary/aromatic N) is 2. The van der Waals surface area contributed by atoms with E-state index in [1.165, 1.54) is 18.3 Å². The molecule has 1 unspecified atom stereocenters. The molecule has 0 saturated carbocycles. The number of amides is 1. The Balaban J connectivity index is 1.43. The average Bonchev–Trinajstić information content (AvgIpc) is 3.25. The van der Waals surface area contributed by atoms with Gasteiger partial charge in [0.2, 0.25) is 0 Å². The first-order valence-corrected chi connectivity index (χ1v) is 9.33. The van der Waals surface area contributed by atoms with Crippen LogP contribution in [0, 0.1) is 0 Å². The topological polar surface area (TPSA) is 90.9 Å². The number of carbonyl (C=O) groups is 1. The summed E-state index contributed by atoms with van der Waals surface area (Å²) in [5, 5.41) is 20.6. The van der Waals surface area contributed by atoms with Crippen LogP contribution in [-0.2, 0) is 6.18 Å². The fourth-order valence-corrected chi connectivity index (χ4v) is 3.15. The van der Waals surface area contributed by atoms with Gasteiger partial charge in [0.15, 0.2) is 0 Å². The highest BCUT2D eigenvalue weighted by atomic mass is 19.4. The summed E-state index contributed by atoms with van der Waals surface area (Å²) in [4.78, 5) is 16.6. The van der Waals surface area contributed by atoms with Gasteiger partial charge in [-0.05, 0) is 41.5 Å². The molecule has 2 aromatic heterocycles. The standard InChI is InChI=1S/C22H17F3N4O2/c23-22(24,25)18-4-1-13(2-5-18)20(30)12-27-21(31)17-8-15(9-26-10-17)14-3-6-19-16(7-14)11-28-29-19/h1-11,20,30H,12H2,(H,27,31)(H,28,29). The molecule has 3 N–H and O–H groups in total. The van der Waals surface area contributed by atoms with Crippen molar-refractivity contribution in [3.8, 4) is 11.1 Å². The predicted octanol–water partition coefficient (Wildman–Crippen LogP) is 4.11. The van der Waals surface area contributed by atoms with Crippen molar-refractivity contribution < 1.29 is 23.1 Å². The second kappa shape index (κ2) is 8.19. The molecule has 31 heavy (non-hydrogen) atoms. The van der Waals surface area contributed by atoms with E-state index >= 15 is 0 Å². The molecule has 0 bridgehead atoms. The van der Waals surface area contributed by atoms with Crippen molar-refractivity contribution in [2.24, 2.45) is 0 Å². The Bertz CT molecular complexity index is 1220. The predicted molar refractivity (Wildman–Crippen MR) is 108 cm³/mol. The third kappa shape index (κ3) is 4.56. The third-order valence-electron chi connectivity index (χ3n) is 4.85. The van der Waals surface area contributed by atoms with Crippen molar-refractivity contribution in [2.75, 3.05) is 6.54 Å². The number of hydrogen-bond donors (Lipinski definition) is 3. The van der Waals surface area contributed by atoms with Crippen molar-refractivity contribution in [1.29, 1.82) is 0 Å². The number of carbonyl (C=O) groups excluding carboxylic acids is 1. The number of H-pyrrole nitrogens is 1. The maximum absolute atomic E-state index is 12.6. The zero-order valence-electron chi connectivity index (χ0n) is 16.0. The van der Waals surface area contributed by atoms with Crippen LogP contribution in [0.25, 0.3) is 22.0 Å². The number of aliphatic hydroxyl groups excluding tert-OH is 1. The van der Waals surface area contributed by atoms with Gasteiger partial charge in [0.05, 0.1) is 28.9 Å². The van der Waals surface area contributed by atoms with Crippen LogP contribution in [0.15, 0.2) is 67.1 Å². The van der Waals surface area contributed by atoms with E-state index in [1.54, 1.807) is 18.5 Å². The summed E-state index contributed by atoms with van der Waals surface area (Å²) in [5.74, 6) is -0.454. The SMILES string of the molecule is O=C(NCC(O)c1ccc(C(F)(F)F)cc1)c1cncc(-c2ccc3[nH]ncc3c2)c1. The van der Waals surface area contributed by atoms with Crippen molar-refractivity contribution in [3.05, 3.63) is 83.8 Å². The summed E-state index contributed by atoms with van der Waals surface area (Å²) in [7, 11) is 0. The Hall–Kier alpha value is -3.72. The molecule has 0 spiro atoms. The molecular formula is C22H17F3N4O2. The molecule has 0 aliphatic heterocycles. The van der Waals surface area contributed by atoms with Gasteiger partial charge < -0.3 is 10.4 Å². The first-order chi connectivity index (χ1) is 14.8. The van der Waals surface area contributed by atoms with Gasteiger partial charge >= 0.3 is 6.18 Å². The van der Waals surface area contributed by atoms with E-state index in [0.717, 1.165) is 34.2 Å². The summed E-state index contributed by atoms with van der Waals surface area (Å²) in [6.45, 7) is -0.157.